The maximum atomic E-state index is 11.7. The van der Waals surface area contributed by atoms with Crippen molar-refractivity contribution in [1.29, 1.82) is 0 Å². The van der Waals surface area contributed by atoms with Crippen LogP contribution in [0.25, 0.3) is 0 Å². The maximum absolute atomic E-state index is 11.7. The molecule has 1 atom stereocenters. The molecule has 1 aromatic carbocycles. The number of hydrogen-bond donors (Lipinski definition) is 1. The van der Waals surface area contributed by atoms with Gasteiger partial charge in [0, 0.05) is 11.6 Å². The van der Waals surface area contributed by atoms with Crippen LogP contribution in [0.2, 0.25) is 0 Å². The van der Waals surface area contributed by atoms with Gasteiger partial charge >= 0.3 is 0 Å². The van der Waals surface area contributed by atoms with Crippen LogP contribution in [-0.2, 0) is 6.42 Å². The highest BCUT2D eigenvalue weighted by molar-refractivity contribution is 5.94. The Balaban J connectivity index is 2.66. The molecule has 1 aromatic rings. The van der Waals surface area contributed by atoms with Gasteiger partial charge in [-0.05, 0) is 37.5 Å². The lowest BCUT2D eigenvalue weighted by atomic mass is 10.1. The first-order chi connectivity index (χ1) is 7.17. The fourth-order valence-electron chi connectivity index (χ4n) is 1.30. The average molecular weight is 205 g/mol. The van der Waals surface area contributed by atoms with Crippen LogP contribution in [0.4, 0.5) is 0 Å². The fraction of sp³-hybridized carbons (Fsp3) is 0.462. The molecule has 0 fully saturated rings. The molecule has 0 aromatic heterocycles. The summed E-state index contributed by atoms with van der Waals surface area (Å²) in [6.45, 7) is 6.18. The molecule has 0 heterocycles. The summed E-state index contributed by atoms with van der Waals surface area (Å²) < 4.78 is 0. The van der Waals surface area contributed by atoms with Gasteiger partial charge in [-0.3, -0.25) is 4.79 Å². The van der Waals surface area contributed by atoms with Crippen molar-refractivity contribution < 1.29 is 4.79 Å². The normalized spacial score (nSPS) is 12.2. The molecule has 2 heteroatoms. The van der Waals surface area contributed by atoms with Gasteiger partial charge in [0.1, 0.15) is 0 Å². The molecule has 1 amide bonds. The summed E-state index contributed by atoms with van der Waals surface area (Å²) in [5, 5.41) is 2.94. The molecule has 0 bridgehead atoms. The molecule has 82 valence electrons. The molecule has 1 N–H and O–H groups in total. The Kier molecular flexibility index (Phi) is 4.35. The van der Waals surface area contributed by atoms with E-state index in [9.17, 15) is 4.79 Å². The SMILES string of the molecule is CCc1ccc(C(=O)N[C@H](C)CC)cc1. The number of carbonyl (C=O) groups excluding carboxylic acids is 1. The molecule has 0 aliphatic rings. The average Bonchev–Trinajstić information content (AvgIpc) is 2.29. The number of hydrogen-bond acceptors (Lipinski definition) is 1. The summed E-state index contributed by atoms with van der Waals surface area (Å²) in [5.41, 5.74) is 2.00. The molecule has 0 unspecified atom stereocenters. The maximum Gasteiger partial charge on any atom is 0.251 e. The van der Waals surface area contributed by atoms with Crippen LogP contribution >= 0.6 is 0 Å². The first-order valence-corrected chi connectivity index (χ1v) is 5.57. The highest BCUT2D eigenvalue weighted by atomic mass is 16.1. The summed E-state index contributed by atoms with van der Waals surface area (Å²) in [4.78, 5) is 11.7. The lowest BCUT2D eigenvalue weighted by Crippen LogP contribution is -2.31. The predicted molar refractivity (Wildman–Crippen MR) is 63.0 cm³/mol. The molecular formula is C13H19NO. The molecule has 0 aliphatic carbocycles. The predicted octanol–water partition coefficient (Wildman–Crippen LogP) is 2.78. The van der Waals surface area contributed by atoms with Gasteiger partial charge in [0.15, 0.2) is 0 Å². The summed E-state index contributed by atoms with van der Waals surface area (Å²) in [5.74, 6) is 0.0204. The lowest BCUT2D eigenvalue weighted by molar-refractivity contribution is 0.0939. The van der Waals surface area contributed by atoms with Gasteiger partial charge in [0.25, 0.3) is 5.91 Å². The van der Waals surface area contributed by atoms with E-state index in [4.69, 9.17) is 0 Å². The van der Waals surface area contributed by atoms with Crippen LogP contribution in [0.5, 0.6) is 0 Å². The van der Waals surface area contributed by atoms with Crippen molar-refractivity contribution in [3.8, 4) is 0 Å². The smallest absolute Gasteiger partial charge is 0.251 e. The fourth-order valence-corrected chi connectivity index (χ4v) is 1.30. The zero-order valence-electron chi connectivity index (χ0n) is 9.71. The highest BCUT2D eigenvalue weighted by Gasteiger charge is 2.07. The topological polar surface area (TPSA) is 29.1 Å². The second-order valence-corrected chi connectivity index (χ2v) is 3.83. The van der Waals surface area contributed by atoms with Gasteiger partial charge in [-0.2, -0.15) is 0 Å². The molecule has 0 saturated heterocycles. The Hall–Kier alpha value is -1.31. The second kappa shape index (κ2) is 5.54. The minimum atomic E-state index is 0.0204. The number of benzene rings is 1. The van der Waals surface area contributed by atoms with Gasteiger partial charge in [-0.15, -0.1) is 0 Å². The Bertz CT molecular complexity index is 316. The Morgan fingerprint density at radius 3 is 2.33 bits per heavy atom. The van der Waals surface area contributed by atoms with E-state index in [1.54, 1.807) is 0 Å². The standard InChI is InChI=1S/C13H19NO/c1-4-10(3)14-13(15)12-8-6-11(5-2)7-9-12/h6-10H,4-5H2,1-3H3,(H,14,15)/t10-/m1/s1. The number of rotatable bonds is 4. The van der Waals surface area contributed by atoms with Crippen molar-refractivity contribution in [2.75, 3.05) is 0 Å². The minimum Gasteiger partial charge on any atom is -0.350 e. The van der Waals surface area contributed by atoms with Crippen LogP contribution in [0.15, 0.2) is 24.3 Å². The molecule has 0 saturated carbocycles. The summed E-state index contributed by atoms with van der Waals surface area (Å²) in [6.07, 6.45) is 1.96. The number of amides is 1. The molecule has 2 nitrogen and oxygen atoms in total. The Morgan fingerprint density at radius 1 is 1.27 bits per heavy atom. The number of nitrogens with one attached hydrogen (secondary N) is 1. The molecule has 0 spiro atoms. The van der Waals surface area contributed by atoms with Gasteiger partial charge in [0.05, 0.1) is 0 Å². The Labute approximate surface area is 91.7 Å². The largest absolute Gasteiger partial charge is 0.350 e. The van der Waals surface area contributed by atoms with Crippen molar-refractivity contribution in [2.45, 2.75) is 39.7 Å². The van der Waals surface area contributed by atoms with Gasteiger partial charge < -0.3 is 5.32 Å². The van der Waals surface area contributed by atoms with E-state index in [0.29, 0.717) is 0 Å². The van der Waals surface area contributed by atoms with E-state index < -0.39 is 0 Å². The number of aryl methyl sites for hydroxylation is 1. The van der Waals surface area contributed by atoms with E-state index >= 15 is 0 Å². The monoisotopic (exact) mass is 205 g/mol. The van der Waals surface area contributed by atoms with Crippen molar-refractivity contribution in [1.82, 2.24) is 5.32 Å². The van der Waals surface area contributed by atoms with E-state index in [-0.39, 0.29) is 11.9 Å². The van der Waals surface area contributed by atoms with E-state index in [1.807, 2.05) is 31.2 Å². The van der Waals surface area contributed by atoms with Crippen molar-refractivity contribution in [3.05, 3.63) is 35.4 Å². The molecule has 1 rings (SSSR count). The van der Waals surface area contributed by atoms with Gasteiger partial charge in [0.2, 0.25) is 0 Å². The van der Waals surface area contributed by atoms with Crippen LogP contribution in [0, 0.1) is 0 Å². The molecule has 0 aliphatic heterocycles. The Morgan fingerprint density at radius 2 is 1.87 bits per heavy atom. The van der Waals surface area contributed by atoms with Crippen LogP contribution < -0.4 is 5.32 Å². The third-order valence-corrected chi connectivity index (χ3v) is 2.61. The van der Waals surface area contributed by atoms with Crippen LogP contribution in [-0.4, -0.2) is 11.9 Å². The van der Waals surface area contributed by atoms with Gasteiger partial charge in [-0.1, -0.05) is 26.0 Å². The third kappa shape index (κ3) is 3.39. The second-order valence-electron chi connectivity index (χ2n) is 3.83. The quantitative estimate of drug-likeness (QED) is 0.804. The molecule has 0 radical (unpaired) electrons. The lowest BCUT2D eigenvalue weighted by Gasteiger charge is -2.11. The van der Waals surface area contributed by atoms with Gasteiger partial charge in [-0.25, -0.2) is 0 Å². The highest BCUT2D eigenvalue weighted by Crippen LogP contribution is 2.05. The first-order valence-electron chi connectivity index (χ1n) is 5.57. The molecule has 15 heavy (non-hydrogen) atoms. The van der Waals surface area contributed by atoms with Crippen molar-refractivity contribution >= 4 is 5.91 Å². The van der Waals surface area contributed by atoms with Crippen molar-refractivity contribution in [2.24, 2.45) is 0 Å². The van der Waals surface area contributed by atoms with Crippen LogP contribution in [0.3, 0.4) is 0 Å². The van der Waals surface area contributed by atoms with E-state index in [2.05, 4.69) is 19.2 Å². The zero-order chi connectivity index (χ0) is 11.3. The summed E-state index contributed by atoms with van der Waals surface area (Å²) >= 11 is 0. The molecular weight excluding hydrogens is 186 g/mol. The van der Waals surface area contributed by atoms with Crippen molar-refractivity contribution in [3.63, 3.8) is 0 Å². The minimum absolute atomic E-state index is 0.0204. The van der Waals surface area contributed by atoms with E-state index in [0.717, 1.165) is 18.4 Å². The van der Waals surface area contributed by atoms with Crippen LogP contribution in [0.1, 0.15) is 43.1 Å². The number of carbonyl (C=O) groups is 1. The first kappa shape index (κ1) is 11.8. The summed E-state index contributed by atoms with van der Waals surface area (Å²) in [6, 6.07) is 8.02. The summed E-state index contributed by atoms with van der Waals surface area (Å²) in [7, 11) is 0. The van der Waals surface area contributed by atoms with E-state index in [1.165, 1.54) is 5.56 Å². The third-order valence-electron chi connectivity index (χ3n) is 2.61. The zero-order valence-corrected chi connectivity index (χ0v) is 9.71.